The van der Waals surface area contributed by atoms with E-state index in [4.69, 9.17) is 4.74 Å². The SMILES string of the molecule is CO[C@@H]1CC[C@H](C(=O)NCc2ccccn2)C[C@H]1NC(=O)CCc1ccnn1C. The van der Waals surface area contributed by atoms with Crippen LogP contribution in [0.25, 0.3) is 0 Å². The lowest BCUT2D eigenvalue weighted by atomic mass is 9.83. The van der Waals surface area contributed by atoms with Crippen LogP contribution in [0, 0.1) is 5.92 Å². The topological polar surface area (TPSA) is 98.1 Å². The van der Waals surface area contributed by atoms with E-state index >= 15 is 0 Å². The van der Waals surface area contributed by atoms with E-state index < -0.39 is 0 Å². The molecule has 2 N–H and O–H groups in total. The van der Waals surface area contributed by atoms with Crippen molar-refractivity contribution in [2.24, 2.45) is 13.0 Å². The van der Waals surface area contributed by atoms with E-state index in [-0.39, 0.29) is 29.9 Å². The second-order valence-electron chi connectivity index (χ2n) is 7.44. The molecular formula is C21H29N5O3. The van der Waals surface area contributed by atoms with Gasteiger partial charge in [-0.1, -0.05) is 6.07 Å². The van der Waals surface area contributed by atoms with Crippen molar-refractivity contribution in [2.45, 2.75) is 50.8 Å². The number of carbonyl (C=O) groups excluding carboxylic acids is 2. The highest BCUT2D eigenvalue weighted by Gasteiger charge is 2.34. The predicted octanol–water partition coefficient (Wildman–Crippen LogP) is 1.36. The monoisotopic (exact) mass is 399 g/mol. The van der Waals surface area contributed by atoms with Gasteiger partial charge in [-0.15, -0.1) is 0 Å². The third-order valence-electron chi connectivity index (χ3n) is 5.51. The van der Waals surface area contributed by atoms with E-state index in [1.807, 2.05) is 31.3 Å². The molecule has 0 aliphatic heterocycles. The van der Waals surface area contributed by atoms with E-state index in [1.54, 1.807) is 24.2 Å². The fourth-order valence-corrected chi connectivity index (χ4v) is 3.81. The van der Waals surface area contributed by atoms with Gasteiger partial charge in [0.25, 0.3) is 0 Å². The van der Waals surface area contributed by atoms with Crippen LogP contribution in [-0.2, 0) is 34.3 Å². The van der Waals surface area contributed by atoms with Crippen molar-refractivity contribution in [3.8, 4) is 0 Å². The van der Waals surface area contributed by atoms with Gasteiger partial charge in [-0.2, -0.15) is 5.10 Å². The minimum absolute atomic E-state index is 0.000611. The predicted molar refractivity (Wildman–Crippen MR) is 108 cm³/mol. The Morgan fingerprint density at radius 1 is 1.24 bits per heavy atom. The molecule has 2 amide bonds. The van der Waals surface area contributed by atoms with E-state index in [0.29, 0.717) is 25.8 Å². The van der Waals surface area contributed by atoms with Gasteiger partial charge in [0.15, 0.2) is 0 Å². The number of aryl methyl sites for hydroxylation is 2. The lowest BCUT2D eigenvalue weighted by molar-refractivity contribution is -0.130. The molecule has 0 saturated heterocycles. The van der Waals surface area contributed by atoms with Crippen LogP contribution in [0.15, 0.2) is 36.7 Å². The summed E-state index contributed by atoms with van der Waals surface area (Å²) in [7, 11) is 3.52. The van der Waals surface area contributed by atoms with Gasteiger partial charge >= 0.3 is 0 Å². The van der Waals surface area contributed by atoms with E-state index in [9.17, 15) is 9.59 Å². The van der Waals surface area contributed by atoms with E-state index in [1.165, 1.54) is 0 Å². The molecule has 0 spiro atoms. The Hall–Kier alpha value is -2.74. The fraction of sp³-hybridized carbons (Fsp3) is 0.524. The minimum Gasteiger partial charge on any atom is -0.379 e. The molecular weight excluding hydrogens is 370 g/mol. The maximum atomic E-state index is 12.6. The molecule has 156 valence electrons. The zero-order valence-electron chi connectivity index (χ0n) is 17.0. The Balaban J connectivity index is 1.50. The summed E-state index contributed by atoms with van der Waals surface area (Å²) in [6.45, 7) is 0.408. The van der Waals surface area contributed by atoms with Crippen LogP contribution in [-0.4, -0.2) is 45.8 Å². The fourth-order valence-electron chi connectivity index (χ4n) is 3.81. The van der Waals surface area contributed by atoms with Crippen LogP contribution in [0.3, 0.4) is 0 Å². The number of rotatable bonds is 8. The molecule has 2 heterocycles. The average molecular weight is 399 g/mol. The van der Waals surface area contributed by atoms with Crippen molar-refractivity contribution in [1.82, 2.24) is 25.4 Å². The lowest BCUT2D eigenvalue weighted by Gasteiger charge is -2.35. The first-order valence-corrected chi connectivity index (χ1v) is 10.0. The maximum Gasteiger partial charge on any atom is 0.223 e. The molecule has 3 atom stereocenters. The van der Waals surface area contributed by atoms with Crippen LogP contribution >= 0.6 is 0 Å². The Bertz CT molecular complexity index is 808. The molecule has 1 saturated carbocycles. The molecule has 29 heavy (non-hydrogen) atoms. The van der Waals surface area contributed by atoms with Crippen molar-refractivity contribution >= 4 is 11.8 Å². The number of pyridine rings is 1. The summed E-state index contributed by atoms with van der Waals surface area (Å²) in [5, 5.41) is 10.2. The number of methoxy groups -OCH3 is 1. The van der Waals surface area contributed by atoms with Crippen LogP contribution in [0.4, 0.5) is 0 Å². The molecule has 1 fully saturated rings. The minimum atomic E-state index is -0.168. The Kier molecular flexibility index (Phi) is 7.35. The second-order valence-corrected chi connectivity index (χ2v) is 7.44. The van der Waals surface area contributed by atoms with Gasteiger partial charge in [0.1, 0.15) is 0 Å². The second kappa shape index (κ2) is 10.2. The summed E-state index contributed by atoms with van der Waals surface area (Å²) in [6, 6.07) is 7.37. The highest BCUT2D eigenvalue weighted by molar-refractivity contribution is 5.79. The summed E-state index contributed by atoms with van der Waals surface area (Å²) >= 11 is 0. The number of hydrogen-bond donors (Lipinski definition) is 2. The molecule has 2 aromatic heterocycles. The Labute approximate surface area is 171 Å². The molecule has 8 nitrogen and oxygen atoms in total. The molecule has 0 aromatic carbocycles. The Morgan fingerprint density at radius 3 is 2.79 bits per heavy atom. The summed E-state index contributed by atoms with van der Waals surface area (Å²) < 4.78 is 7.33. The van der Waals surface area contributed by atoms with Crippen molar-refractivity contribution in [1.29, 1.82) is 0 Å². The van der Waals surface area contributed by atoms with Gasteiger partial charge in [0.05, 0.1) is 24.4 Å². The average Bonchev–Trinajstić information content (AvgIpc) is 3.16. The zero-order chi connectivity index (χ0) is 20.6. The van der Waals surface area contributed by atoms with Crippen LogP contribution in [0.5, 0.6) is 0 Å². The van der Waals surface area contributed by atoms with Crippen molar-refractivity contribution in [3.05, 3.63) is 48.0 Å². The van der Waals surface area contributed by atoms with Crippen LogP contribution < -0.4 is 10.6 Å². The van der Waals surface area contributed by atoms with Crippen molar-refractivity contribution in [2.75, 3.05) is 7.11 Å². The van der Waals surface area contributed by atoms with Gasteiger partial charge in [0, 0.05) is 44.6 Å². The van der Waals surface area contributed by atoms with Crippen LogP contribution in [0.1, 0.15) is 37.1 Å². The summed E-state index contributed by atoms with van der Waals surface area (Å²) in [6.07, 6.45) is 6.42. The number of aromatic nitrogens is 3. The number of nitrogens with zero attached hydrogens (tertiary/aromatic N) is 3. The van der Waals surface area contributed by atoms with Gasteiger partial charge < -0.3 is 15.4 Å². The first-order chi connectivity index (χ1) is 14.1. The first kappa shape index (κ1) is 21.0. The van der Waals surface area contributed by atoms with E-state index in [2.05, 4.69) is 20.7 Å². The first-order valence-electron chi connectivity index (χ1n) is 10.0. The summed E-state index contributed by atoms with van der Waals surface area (Å²) in [5.74, 6) is -0.181. The molecule has 1 aliphatic rings. The molecule has 0 unspecified atom stereocenters. The quantitative estimate of drug-likeness (QED) is 0.699. The number of amides is 2. The van der Waals surface area contributed by atoms with Gasteiger partial charge in [-0.25, -0.2) is 0 Å². The number of hydrogen-bond acceptors (Lipinski definition) is 5. The van der Waals surface area contributed by atoms with E-state index in [0.717, 1.165) is 24.2 Å². The maximum absolute atomic E-state index is 12.6. The van der Waals surface area contributed by atoms with Crippen molar-refractivity contribution in [3.63, 3.8) is 0 Å². The lowest BCUT2D eigenvalue weighted by Crippen LogP contribution is -2.50. The molecule has 8 heteroatoms. The normalized spacial score (nSPS) is 21.5. The van der Waals surface area contributed by atoms with Gasteiger partial charge in [0.2, 0.25) is 11.8 Å². The molecule has 0 bridgehead atoms. The zero-order valence-corrected chi connectivity index (χ0v) is 17.0. The number of ether oxygens (including phenoxy) is 1. The highest BCUT2D eigenvalue weighted by Crippen LogP contribution is 2.27. The van der Waals surface area contributed by atoms with Gasteiger partial charge in [-0.3, -0.25) is 19.3 Å². The highest BCUT2D eigenvalue weighted by atomic mass is 16.5. The summed E-state index contributed by atoms with van der Waals surface area (Å²) in [5.41, 5.74) is 1.84. The van der Waals surface area contributed by atoms with Crippen molar-refractivity contribution < 1.29 is 14.3 Å². The number of nitrogens with one attached hydrogen (secondary N) is 2. The van der Waals surface area contributed by atoms with Crippen LogP contribution in [0.2, 0.25) is 0 Å². The summed E-state index contributed by atoms with van der Waals surface area (Å²) in [4.78, 5) is 29.3. The standard InChI is InChI=1S/C21H29N5O3/c1-26-17(10-12-24-26)7-9-20(27)25-18-13-15(6-8-19(18)29-2)21(28)23-14-16-5-3-4-11-22-16/h3-5,10-12,15,18-19H,6-9,13-14H2,1-2H3,(H,23,28)(H,25,27)/t15-,18+,19+/m0/s1. The smallest absolute Gasteiger partial charge is 0.223 e. The third-order valence-corrected chi connectivity index (χ3v) is 5.51. The molecule has 2 aromatic rings. The molecule has 3 rings (SSSR count). The molecule has 0 radical (unpaired) electrons. The van der Waals surface area contributed by atoms with Gasteiger partial charge in [-0.05, 0) is 43.9 Å². The Morgan fingerprint density at radius 2 is 2.10 bits per heavy atom. The number of carbonyl (C=O) groups is 2. The largest absolute Gasteiger partial charge is 0.379 e. The third kappa shape index (κ3) is 5.87. The molecule has 1 aliphatic carbocycles.